The minimum atomic E-state index is -1.01. The summed E-state index contributed by atoms with van der Waals surface area (Å²) in [4.78, 5) is 36.6. The summed E-state index contributed by atoms with van der Waals surface area (Å²) < 4.78 is 5.09. The third-order valence-electron chi connectivity index (χ3n) is 3.87. The molecule has 23 heavy (non-hydrogen) atoms. The highest BCUT2D eigenvalue weighted by Gasteiger charge is 2.50. The largest absolute Gasteiger partial charge is 0.480 e. The number of hydrogen-bond acceptors (Lipinski definition) is 5. The predicted molar refractivity (Wildman–Crippen MR) is 82.7 cm³/mol. The normalized spacial score (nSPS) is 26.0. The summed E-state index contributed by atoms with van der Waals surface area (Å²) >= 11 is 1.43. The van der Waals surface area contributed by atoms with Crippen molar-refractivity contribution in [3.8, 4) is 0 Å². The van der Waals surface area contributed by atoms with Crippen LogP contribution in [-0.4, -0.2) is 51.2 Å². The number of fused-ring (bicyclic) bond motifs is 1. The van der Waals surface area contributed by atoms with Crippen LogP contribution in [0.1, 0.15) is 12.0 Å². The third kappa shape index (κ3) is 3.26. The fraction of sp³-hybridized carbons (Fsp3) is 0.400. The molecular formula is C15H16N2O5S. The van der Waals surface area contributed by atoms with Crippen molar-refractivity contribution in [2.24, 2.45) is 0 Å². The van der Waals surface area contributed by atoms with E-state index in [9.17, 15) is 14.4 Å². The summed E-state index contributed by atoms with van der Waals surface area (Å²) in [5, 5.41) is 11.5. The SMILES string of the molecule is O=C(N[C@H]1C[C@H]2SC[C@H](C(=O)O)N2C1=O)OCc1ccccc1. The molecule has 8 heteroatoms. The first kappa shape index (κ1) is 15.7. The van der Waals surface area contributed by atoms with Crippen LogP contribution >= 0.6 is 11.8 Å². The van der Waals surface area contributed by atoms with Gasteiger partial charge in [-0.2, -0.15) is 0 Å². The molecule has 2 N–H and O–H groups in total. The quantitative estimate of drug-likeness (QED) is 0.853. The van der Waals surface area contributed by atoms with Crippen LogP contribution in [0.25, 0.3) is 0 Å². The number of rotatable bonds is 4. The second kappa shape index (κ2) is 6.49. The van der Waals surface area contributed by atoms with E-state index >= 15 is 0 Å². The number of carbonyl (C=O) groups excluding carboxylic acids is 2. The predicted octanol–water partition coefficient (Wildman–Crippen LogP) is 1.04. The van der Waals surface area contributed by atoms with Gasteiger partial charge in [-0.25, -0.2) is 9.59 Å². The monoisotopic (exact) mass is 336 g/mol. The highest BCUT2D eigenvalue weighted by molar-refractivity contribution is 8.00. The standard InChI is InChI=1S/C15H16N2O5S/c18-13-10(6-12-17(13)11(8-23-12)14(19)20)16-15(21)22-7-9-4-2-1-3-5-9/h1-5,10-12H,6-8H2,(H,16,21)(H,19,20)/t10-,11+,12+/m0/s1. The van der Waals surface area contributed by atoms with Crippen molar-refractivity contribution in [2.45, 2.75) is 30.5 Å². The van der Waals surface area contributed by atoms with Gasteiger partial charge in [-0.1, -0.05) is 30.3 Å². The molecule has 1 aromatic rings. The Bertz CT molecular complexity index is 624. The lowest BCUT2D eigenvalue weighted by atomic mass is 10.2. The Morgan fingerprint density at radius 1 is 1.35 bits per heavy atom. The second-order valence-electron chi connectivity index (χ2n) is 5.38. The van der Waals surface area contributed by atoms with Crippen LogP contribution in [0.3, 0.4) is 0 Å². The van der Waals surface area contributed by atoms with E-state index in [1.165, 1.54) is 16.7 Å². The average Bonchev–Trinajstić information content (AvgIpc) is 3.08. The molecule has 0 aromatic heterocycles. The lowest BCUT2D eigenvalue weighted by molar-refractivity contribution is -0.147. The van der Waals surface area contributed by atoms with E-state index in [0.29, 0.717) is 12.2 Å². The van der Waals surface area contributed by atoms with Crippen LogP contribution in [0, 0.1) is 0 Å². The van der Waals surface area contributed by atoms with E-state index in [0.717, 1.165) is 5.56 Å². The fourth-order valence-corrected chi connectivity index (χ4v) is 4.19. The first-order valence-electron chi connectivity index (χ1n) is 7.20. The fourth-order valence-electron chi connectivity index (χ4n) is 2.74. The molecule has 0 saturated carbocycles. The minimum Gasteiger partial charge on any atom is -0.480 e. The van der Waals surface area contributed by atoms with E-state index in [2.05, 4.69) is 5.32 Å². The average molecular weight is 336 g/mol. The van der Waals surface area contributed by atoms with Crippen molar-refractivity contribution < 1.29 is 24.2 Å². The molecular weight excluding hydrogens is 320 g/mol. The van der Waals surface area contributed by atoms with E-state index in [1.54, 1.807) is 0 Å². The summed E-state index contributed by atoms with van der Waals surface area (Å²) in [6, 6.07) is 7.67. The molecule has 2 fully saturated rings. The number of nitrogens with zero attached hydrogens (tertiary/aromatic N) is 1. The summed E-state index contributed by atoms with van der Waals surface area (Å²) in [5.41, 5.74) is 0.850. The molecule has 3 atom stereocenters. The van der Waals surface area contributed by atoms with E-state index in [-0.39, 0.29) is 17.9 Å². The van der Waals surface area contributed by atoms with Gasteiger partial charge in [0.2, 0.25) is 5.91 Å². The number of aliphatic carboxylic acids is 1. The summed E-state index contributed by atoms with van der Waals surface area (Å²) in [7, 11) is 0. The molecule has 2 saturated heterocycles. The Morgan fingerprint density at radius 2 is 2.09 bits per heavy atom. The Kier molecular flexibility index (Phi) is 4.42. The van der Waals surface area contributed by atoms with Crippen molar-refractivity contribution in [2.75, 3.05) is 5.75 Å². The molecule has 2 amide bonds. The molecule has 2 heterocycles. The van der Waals surface area contributed by atoms with Gasteiger partial charge in [0.15, 0.2) is 0 Å². The van der Waals surface area contributed by atoms with Crippen LogP contribution in [0.4, 0.5) is 4.79 Å². The van der Waals surface area contributed by atoms with Crippen molar-refractivity contribution in [1.82, 2.24) is 10.2 Å². The lowest BCUT2D eigenvalue weighted by Gasteiger charge is -2.20. The van der Waals surface area contributed by atoms with E-state index in [1.807, 2.05) is 30.3 Å². The maximum atomic E-state index is 12.3. The van der Waals surface area contributed by atoms with Crippen LogP contribution in [0.5, 0.6) is 0 Å². The van der Waals surface area contributed by atoms with Crippen LogP contribution < -0.4 is 5.32 Å². The Balaban J connectivity index is 1.54. The van der Waals surface area contributed by atoms with Gasteiger partial charge in [0.25, 0.3) is 0 Å². The zero-order valence-electron chi connectivity index (χ0n) is 12.2. The van der Waals surface area contributed by atoms with Crippen LogP contribution in [0.2, 0.25) is 0 Å². The van der Waals surface area contributed by atoms with Crippen molar-refractivity contribution >= 4 is 29.7 Å². The second-order valence-corrected chi connectivity index (χ2v) is 6.59. The molecule has 0 bridgehead atoms. The number of thioether (sulfide) groups is 1. The Hall–Kier alpha value is -2.22. The number of benzene rings is 1. The smallest absolute Gasteiger partial charge is 0.408 e. The highest BCUT2D eigenvalue weighted by atomic mass is 32.2. The molecule has 0 spiro atoms. The third-order valence-corrected chi connectivity index (χ3v) is 5.18. The van der Waals surface area contributed by atoms with Gasteiger partial charge in [0.05, 0.1) is 5.37 Å². The summed E-state index contributed by atoms with van der Waals surface area (Å²) in [6.07, 6.45) is -0.279. The number of nitrogens with one attached hydrogen (secondary N) is 1. The van der Waals surface area contributed by atoms with Crippen LogP contribution in [0.15, 0.2) is 30.3 Å². The number of carboxylic acid groups (broad SMARTS) is 1. The van der Waals surface area contributed by atoms with Crippen molar-refractivity contribution in [3.63, 3.8) is 0 Å². The Morgan fingerprint density at radius 3 is 2.78 bits per heavy atom. The molecule has 122 valence electrons. The number of ether oxygens (including phenoxy) is 1. The number of carbonyl (C=O) groups is 3. The van der Waals surface area contributed by atoms with Gasteiger partial charge in [0.1, 0.15) is 18.7 Å². The van der Waals surface area contributed by atoms with E-state index in [4.69, 9.17) is 9.84 Å². The molecule has 2 aliphatic heterocycles. The minimum absolute atomic E-state index is 0.118. The number of carboxylic acids is 1. The first-order chi connectivity index (χ1) is 11.1. The number of amides is 2. The maximum absolute atomic E-state index is 12.3. The lowest BCUT2D eigenvalue weighted by Crippen LogP contribution is -2.47. The molecule has 1 aromatic carbocycles. The van der Waals surface area contributed by atoms with Crippen molar-refractivity contribution in [1.29, 1.82) is 0 Å². The summed E-state index contributed by atoms with van der Waals surface area (Å²) in [5.74, 6) is -0.985. The molecule has 3 rings (SSSR count). The highest BCUT2D eigenvalue weighted by Crippen LogP contribution is 2.37. The maximum Gasteiger partial charge on any atom is 0.408 e. The number of hydrogen-bond donors (Lipinski definition) is 2. The topological polar surface area (TPSA) is 95.9 Å². The molecule has 0 radical (unpaired) electrons. The van der Waals surface area contributed by atoms with Gasteiger partial charge in [-0.3, -0.25) is 4.79 Å². The summed E-state index contributed by atoms with van der Waals surface area (Å²) in [6.45, 7) is 0.118. The van der Waals surface area contributed by atoms with Gasteiger partial charge in [-0.15, -0.1) is 11.8 Å². The van der Waals surface area contributed by atoms with Gasteiger partial charge in [0, 0.05) is 12.2 Å². The zero-order valence-corrected chi connectivity index (χ0v) is 13.0. The van der Waals surface area contributed by atoms with Gasteiger partial charge >= 0.3 is 12.1 Å². The van der Waals surface area contributed by atoms with Gasteiger partial charge in [-0.05, 0) is 5.56 Å². The number of alkyl carbamates (subject to hydrolysis) is 1. The zero-order chi connectivity index (χ0) is 16.4. The first-order valence-corrected chi connectivity index (χ1v) is 8.25. The molecule has 0 aliphatic carbocycles. The van der Waals surface area contributed by atoms with E-state index < -0.39 is 24.1 Å². The van der Waals surface area contributed by atoms with Gasteiger partial charge < -0.3 is 20.1 Å². The van der Waals surface area contributed by atoms with Crippen LogP contribution in [-0.2, 0) is 20.9 Å². The molecule has 7 nitrogen and oxygen atoms in total. The molecule has 0 unspecified atom stereocenters. The van der Waals surface area contributed by atoms with Crippen molar-refractivity contribution in [3.05, 3.63) is 35.9 Å². The molecule has 2 aliphatic rings. The Labute approximate surface area is 137 Å².